The Morgan fingerprint density at radius 3 is 2.74 bits per heavy atom. The minimum Gasteiger partial charge on any atom is -0.418 e. The van der Waals surface area contributed by atoms with Gasteiger partial charge in [0.2, 0.25) is 5.89 Å². The van der Waals surface area contributed by atoms with Gasteiger partial charge in [-0.05, 0) is 12.6 Å². The number of hydrogen-bond acceptors (Lipinski definition) is 5. The van der Waals surface area contributed by atoms with Crippen LogP contribution in [-0.4, -0.2) is 27.4 Å². The lowest BCUT2D eigenvalue weighted by atomic mass is 10.1. The fourth-order valence-electron chi connectivity index (χ4n) is 1.91. The third-order valence-corrected chi connectivity index (χ3v) is 2.85. The van der Waals surface area contributed by atoms with Crippen molar-refractivity contribution < 1.29 is 4.42 Å². The lowest BCUT2D eigenvalue weighted by molar-refractivity contribution is 0.456. The molecule has 0 aliphatic carbocycles. The summed E-state index contributed by atoms with van der Waals surface area (Å²) in [5, 5.41) is 17.9. The van der Waals surface area contributed by atoms with Crippen LogP contribution in [0.15, 0.2) is 47.1 Å². The Kier molecular flexibility index (Phi) is 3.07. The predicted molar refractivity (Wildman–Crippen MR) is 69.2 cm³/mol. The van der Waals surface area contributed by atoms with Crippen molar-refractivity contribution in [3.8, 4) is 11.5 Å². The van der Waals surface area contributed by atoms with Gasteiger partial charge in [-0.1, -0.05) is 30.3 Å². The Balaban J connectivity index is 1.93. The van der Waals surface area contributed by atoms with E-state index in [0.717, 1.165) is 11.1 Å². The van der Waals surface area contributed by atoms with Crippen LogP contribution < -0.4 is 5.32 Å². The summed E-state index contributed by atoms with van der Waals surface area (Å²) in [4.78, 5) is 0. The van der Waals surface area contributed by atoms with Gasteiger partial charge < -0.3 is 9.73 Å². The summed E-state index contributed by atoms with van der Waals surface area (Å²) >= 11 is 0. The first-order valence-corrected chi connectivity index (χ1v) is 5.93. The molecule has 2 heterocycles. The Hall–Kier alpha value is -2.47. The van der Waals surface area contributed by atoms with Crippen molar-refractivity contribution in [2.75, 3.05) is 7.05 Å². The second-order valence-corrected chi connectivity index (χ2v) is 4.06. The normalized spacial score (nSPS) is 12.5. The molecule has 0 saturated heterocycles. The van der Waals surface area contributed by atoms with Gasteiger partial charge in [0.25, 0.3) is 5.89 Å². The van der Waals surface area contributed by atoms with Crippen LogP contribution in [0, 0.1) is 0 Å². The van der Waals surface area contributed by atoms with Gasteiger partial charge in [-0.3, -0.25) is 5.10 Å². The molecule has 6 heteroatoms. The van der Waals surface area contributed by atoms with Crippen molar-refractivity contribution in [1.82, 2.24) is 25.7 Å². The highest BCUT2D eigenvalue weighted by atomic mass is 16.4. The molecule has 3 aromatic rings. The largest absolute Gasteiger partial charge is 0.418 e. The summed E-state index contributed by atoms with van der Waals surface area (Å²) in [6, 6.07) is 9.85. The molecule has 0 radical (unpaired) electrons. The maximum Gasteiger partial charge on any atom is 0.251 e. The van der Waals surface area contributed by atoms with E-state index in [9.17, 15) is 0 Å². The number of H-pyrrole nitrogens is 1. The molecule has 6 nitrogen and oxygen atoms in total. The highest BCUT2D eigenvalue weighted by molar-refractivity contribution is 5.48. The van der Waals surface area contributed by atoms with Gasteiger partial charge >= 0.3 is 0 Å². The first kappa shape index (κ1) is 11.6. The maximum atomic E-state index is 5.69. The van der Waals surface area contributed by atoms with E-state index in [0.29, 0.717) is 11.8 Å². The van der Waals surface area contributed by atoms with Gasteiger partial charge in [0.15, 0.2) is 0 Å². The van der Waals surface area contributed by atoms with Crippen molar-refractivity contribution >= 4 is 0 Å². The predicted octanol–water partition coefficient (Wildman–Crippen LogP) is 1.77. The van der Waals surface area contributed by atoms with Crippen LogP contribution in [0.5, 0.6) is 0 Å². The summed E-state index contributed by atoms with van der Waals surface area (Å²) in [7, 11) is 1.86. The van der Waals surface area contributed by atoms with Crippen LogP contribution in [0.1, 0.15) is 17.5 Å². The molecule has 0 aliphatic rings. The van der Waals surface area contributed by atoms with Crippen LogP contribution >= 0.6 is 0 Å². The number of nitrogens with zero attached hydrogens (tertiary/aromatic N) is 3. The number of benzene rings is 1. The fraction of sp³-hybridized carbons (Fsp3) is 0.154. The van der Waals surface area contributed by atoms with E-state index >= 15 is 0 Å². The smallest absolute Gasteiger partial charge is 0.251 e. The molecule has 3 rings (SSSR count). The molecular formula is C13H13N5O. The van der Waals surface area contributed by atoms with Crippen molar-refractivity contribution in [2.24, 2.45) is 0 Å². The molecule has 1 unspecified atom stereocenters. The number of aromatic amines is 1. The van der Waals surface area contributed by atoms with Gasteiger partial charge in [0, 0.05) is 6.20 Å². The minimum absolute atomic E-state index is 0.116. The van der Waals surface area contributed by atoms with Crippen molar-refractivity contribution in [3.63, 3.8) is 0 Å². The lowest BCUT2D eigenvalue weighted by Gasteiger charge is -2.11. The Labute approximate surface area is 109 Å². The number of hydrogen-bond donors (Lipinski definition) is 2. The highest BCUT2D eigenvalue weighted by Crippen LogP contribution is 2.23. The molecule has 0 saturated carbocycles. The second-order valence-electron chi connectivity index (χ2n) is 4.06. The van der Waals surface area contributed by atoms with E-state index in [2.05, 4.69) is 25.7 Å². The minimum atomic E-state index is -0.116. The summed E-state index contributed by atoms with van der Waals surface area (Å²) in [6.45, 7) is 0. The SMILES string of the molecule is CNC(c1ccccc1)c1nnc(-c2cn[nH]c2)o1. The average molecular weight is 255 g/mol. The first-order chi connectivity index (χ1) is 9.38. The Bertz CT molecular complexity index is 632. The molecule has 0 fully saturated rings. The first-order valence-electron chi connectivity index (χ1n) is 5.93. The van der Waals surface area contributed by atoms with Gasteiger partial charge in [-0.25, -0.2) is 0 Å². The molecule has 0 spiro atoms. The molecule has 0 amide bonds. The molecule has 1 aromatic carbocycles. The molecule has 96 valence electrons. The molecular weight excluding hydrogens is 242 g/mol. The average Bonchev–Trinajstić information content (AvgIpc) is 3.11. The van der Waals surface area contributed by atoms with Gasteiger partial charge in [-0.2, -0.15) is 5.10 Å². The maximum absolute atomic E-state index is 5.69. The van der Waals surface area contributed by atoms with Crippen LogP contribution in [-0.2, 0) is 0 Å². The van der Waals surface area contributed by atoms with E-state index < -0.39 is 0 Å². The molecule has 0 aliphatic heterocycles. The van der Waals surface area contributed by atoms with Crippen molar-refractivity contribution in [1.29, 1.82) is 0 Å². The second kappa shape index (κ2) is 5.03. The quantitative estimate of drug-likeness (QED) is 0.742. The zero-order valence-corrected chi connectivity index (χ0v) is 10.4. The van der Waals surface area contributed by atoms with Crippen molar-refractivity contribution in [2.45, 2.75) is 6.04 Å². The summed E-state index contributed by atoms with van der Waals surface area (Å²) in [5.74, 6) is 0.991. The van der Waals surface area contributed by atoms with Gasteiger partial charge in [0.1, 0.15) is 6.04 Å². The van der Waals surface area contributed by atoms with Gasteiger partial charge in [-0.15, -0.1) is 10.2 Å². The Morgan fingerprint density at radius 1 is 1.21 bits per heavy atom. The number of rotatable bonds is 4. The monoisotopic (exact) mass is 255 g/mol. The van der Waals surface area contributed by atoms with E-state index in [1.807, 2.05) is 37.4 Å². The third kappa shape index (κ3) is 2.25. The van der Waals surface area contributed by atoms with E-state index in [1.165, 1.54) is 0 Å². The van der Waals surface area contributed by atoms with E-state index in [1.54, 1.807) is 12.4 Å². The number of aromatic nitrogens is 4. The van der Waals surface area contributed by atoms with Crippen molar-refractivity contribution in [3.05, 3.63) is 54.2 Å². The third-order valence-electron chi connectivity index (χ3n) is 2.85. The number of nitrogens with one attached hydrogen (secondary N) is 2. The van der Waals surface area contributed by atoms with Crippen LogP contribution in [0.4, 0.5) is 0 Å². The molecule has 2 N–H and O–H groups in total. The lowest BCUT2D eigenvalue weighted by Crippen LogP contribution is -2.17. The van der Waals surface area contributed by atoms with Crippen LogP contribution in [0.3, 0.4) is 0 Å². The zero-order chi connectivity index (χ0) is 13.1. The topological polar surface area (TPSA) is 79.6 Å². The Morgan fingerprint density at radius 2 is 2.05 bits per heavy atom. The van der Waals surface area contributed by atoms with Gasteiger partial charge in [0.05, 0.1) is 11.8 Å². The van der Waals surface area contributed by atoms with Crippen LogP contribution in [0.25, 0.3) is 11.5 Å². The molecule has 0 bridgehead atoms. The molecule has 19 heavy (non-hydrogen) atoms. The summed E-state index contributed by atoms with van der Waals surface area (Å²) in [6.07, 6.45) is 3.36. The molecule has 2 aromatic heterocycles. The molecule has 1 atom stereocenters. The highest BCUT2D eigenvalue weighted by Gasteiger charge is 2.19. The van der Waals surface area contributed by atoms with E-state index in [-0.39, 0.29) is 6.04 Å². The van der Waals surface area contributed by atoms with Crippen LogP contribution in [0.2, 0.25) is 0 Å². The summed E-state index contributed by atoms with van der Waals surface area (Å²) < 4.78 is 5.69. The zero-order valence-electron chi connectivity index (χ0n) is 10.4. The summed E-state index contributed by atoms with van der Waals surface area (Å²) in [5.41, 5.74) is 1.86. The fourth-order valence-corrected chi connectivity index (χ4v) is 1.91. The van der Waals surface area contributed by atoms with E-state index in [4.69, 9.17) is 4.42 Å². The standard InChI is InChI=1S/C13H13N5O/c1-14-11(9-5-3-2-4-6-9)13-18-17-12(19-13)10-7-15-16-8-10/h2-8,11,14H,1H3,(H,15,16).